The molecule has 0 atom stereocenters. The normalized spacial score (nSPS) is 9.58. The van der Waals surface area contributed by atoms with Crippen LogP contribution in [0.4, 0.5) is 0 Å². The summed E-state index contributed by atoms with van der Waals surface area (Å²) in [5.41, 5.74) is 2.22. The van der Waals surface area contributed by atoms with Crippen molar-refractivity contribution in [1.29, 1.82) is 0 Å². The second-order valence-electron chi connectivity index (χ2n) is 4.71. The summed E-state index contributed by atoms with van der Waals surface area (Å²) in [6, 6.07) is 9.89. The molecule has 2 aromatic heterocycles. The molecule has 0 spiro atoms. The van der Waals surface area contributed by atoms with Crippen LogP contribution in [0.1, 0.15) is 58.3 Å². The molecular formula is C16H25N3. The van der Waals surface area contributed by atoms with Gasteiger partial charge in [-0.15, -0.1) is 0 Å². The minimum absolute atomic E-state index is 0. The molecule has 2 heterocycles. The topological polar surface area (TPSA) is 38.7 Å². The van der Waals surface area contributed by atoms with Crippen LogP contribution in [-0.2, 0) is 0 Å². The van der Waals surface area contributed by atoms with E-state index in [0.717, 1.165) is 11.4 Å². The van der Waals surface area contributed by atoms with Crippen LogP contribution in [-0.4, -0.2) is 15.2 Å². The molecule has 0 unspecified atom stereocenters. The molecule has 0 saturated carbocycles. The molecule has 3 nitrogen and oxygen atoms in total. The summed E-state index contributed by atoms with van der Waals surface area (Å²) in [4.78, 5) is 4.18. The van der Waals surface area contributed by atoms with E-state index in [4.69, 9.17) is 0 Å². The highest BCUT2D eigenvalue weighted by Gasteiger charge is 1.96. The molecule has 104 valence electrons. The number of hydrogen-bond acceptors (Lipinski definition) is 3. The smallest absolute Gasteiger partial charge is 0.0656 e. The summed E-state index contributed by atoms with van der Waals surface area (Å²) in [6.45, 7) is 8.48. The number of nitrogens with zero attached hydrogens (tertiary/aromatic N) is 3. The molecule has 0 fully saturated rings. The third-order valence-corrected chi connectivity index (χ3v) is 2.46. The first-order chi connectivity index (χ1) is 8.61. The SMILES string of the molecule is C.CC(C)c1ccccn1.CC(C)c1cccnn1. The van der Waals surface area contributed by atoms with Gasteiger partial charge in [-0.2, -0.15) is 10.2 Å². The lowest BCUT2D eigenvalue weighted by atomic mass is 10.1. The monoisotopic (exact) mass is 259 g/mol. The summed E-state index contributed by atoms with van der Waals surface area (Å²) in [5.74, 6) is 1.03. The predicted molar refractivity (Wildman–Crippen MR) is 81.2 cm³/mol. The first-order valence-electron chi connectivity index (χ1n) is 6.29. The Bertz CT molecular complexity index is 381. The van der Waals surface area contributed by atoms with E-state index in [1.807, 2.05) is 36.5 Å². The Hall–Kier alpha value is -1.77. The number of hydrogen-bond donors (Lipinski definition) is 0. The van der Waals surface area contributed by atoms with E-state index >= 15 is 0 Å². The Morgan fingerprint density at radius 1 is 0.789 bits per heavy atom. The van der Waals surface area contributed by atoms with Crippen LogP contribution >= 0.6 is 0 Å². The molecule has 19 heavy (non-hydrogen) atoms. The fourth-order valence-electron chi connectivity index (χ4n) is 1.34. The van der Waals surface area contributed by atoms with E-state index in [-0.39, 0.29) is 7.43 Å². The maximum Gasteiger partial charge on any atom is 0.0656 e. The fourth-order valence-corrected chi connectivity index (χ4v) is 1.34. The molecule has 2 aromatic rings. The van der Waals surface area contributed by atoms with Crippen LogP contribution in [0, 0.1) is 0 Å². The molecule has 0 aliphatic heterocycles. The molecule has 3 heteroatoms. The van der Waals surface area contributed by atoms with Crippen LogP contribution in [0.2, 0.25) is 0 Å². The molecule has 0 radical (unpaired) electrons. The highest BCUT2D eigenvalue weighted by molar-refractivity contribution is 5.06. The van der Waals surface area contributed by atoms with Gasteiger partial charge in [0.05, 0.1) is 5.69 Å². The number of aromatic nitrogens is 3. The molecule has 0 amide bonds. The van der Waals surface area contributed by atoms with Crippen LogP contribution in [0.15, 0.2) is 42.7 Å². The molecule has 0 aromatic carbocycles. The number of rotatable bonds is 2. The first-order valence-corrected chi connectivity index (χ1v) is 6.29. The predicted octanol–water partition coefficient (Wildman–Crippen LogP) is 4.44. The zero-order valence-electron chi connectivity index (χ0n) is 11.5. The van der Waals surface area contributed by atoms with Crippen LogP contribution in [0.3, 0.4) is 0 Å². The van der Waals surface area contributed by atoms with Crippen molar-refractivity contribution in [3.63, 3.8) is 0 Å². The summed E-state index contributed by atoms with van der Waals surface area (Å²) < 4.78 is 0. The minimum atomic E-state index is 0. The van der Waals surface area contributed by atoms with E-state index in [9.17, 15) is 0 Å². The third-order valence-electron chi connectivity index (χ3n) is 2.46. The third kappa shape index (κ3) is 6.65. The average Bonchev–Trinajstić information content (AvgIpc) is 2.41. The van der Waals surface area contributed by atoms with Gasteiger partial charge in [0, 0.05) is 18.1 Å². The number of pyridine rings is 1. The van der Waals surface area contributed by atoms with Crippen LogP contribution in [0.5, 0.6) is 0 Å². The lowest BCUT2D eigenvalue weighted by Gasteiger charge is -2.00. The van der Waals surface area contributed by atoms with Gasteiger partial charge in [-0.05, 0) is 36.1 Å². The Morgan fingerprint density at radius 2 is 1.42 bits per heavy atom. The van der Waals surface area contributed by atoms with E-state index in [0.29, 0.717) is 11.8 Å². The van der Waals surface area contributed by atoms with E-state index < -0.39 is 0 Å². The van der Waals surface area contributed by atoms with Gasteiger partial charge in [-0.1, -0.05) is 41.2 Å². The van der Waals surface area contributed by atoms with Gasteiger partial charge in [0.15, 0.2) is 0 Å². The van der Waals surface area contributed by atoms with Gasteiger partial charge in [0.2, 0.25) is 0 Å². The molecule has 0 N–H and O–H groups in total. The highest BCUT2D eigenvalue weighted by Crippen LogP contribution is 2.08. The molecule has 0 saturated heterocycles. The Kier molecular flexibility index (Phi) is 8.34. The molecular weight excluding hydrogens is 234 g/mol. The van der Waals surface area contributed by atoms with Crippen molar-refractivity contribution in [3.05, 3.63) is 54.1 Å². The molecule has 2 rings (SSSR count). The van der Waals surface area contributed by atoms with Gasteiger partial charge in [-0.25, -0.2) is 0 Å². The van der Waals surface area contributed by atoms with Crippen molar-refractivity contribution in [2.24, 2.45) is 0 Å². The van der Waals surface area contributed by atoms with Crippen LogP contribution in [0.25, 0.3) is 0 Å². The van der Waals surface area contributed by atoms with Crippen molar-refractivity contribution in [1.82, 2.24) is 15.2 Å². The summed E-state index contributed by atoms with van der Waals surface area (Å²) in [7, 11) is 0. The quantitative estimate of drug-likeness (QED) is 0.800. The van der Waals surface area contributed by atoms with Crippen molar-refractivity contribution >= 4 is 0 Å². The molecule has 0 bridgehead atoms. The van der Waals surface area contributed by atoms with Gasteiger partial charge < -0.3 is 0 Å². The average molecular weight is 259 g/mol. The van der Waals surface area contributed by atoms with E-state index in [1.54, 1.807) is 6.20 Å². The second kappa shape index (κ2) is 9.20. The minimum Gasteiger partial charge on any atom is -0.261 e. The van der Waals surface area contributed by atoms with Crippen molar-refractivity contribution < 1.29 is 0 Å². The van der Waals surface area contributed by atoms with Gasteiger partial charge in [0.1, 0.15) is 0 Å². The molecule has 0 aliphatic rings. The summed E-state index contributed by atoms with van der Waals surface area (Å²) >= 11 is 0. The van der Waals surface area contributed by atoms with Crippen LogP contribution < -0.4 is 0 Å². The standard InChI is InChI=1S/C8H11N.C7H10N2.CH4/c1-7(2)8-5-3-4-6-9-8;1-6(2)7-4-3-5-8-9-7;/h3-7H,1-2H3;3-6H,1-2H3;1H4. The molecule has 0 aliphatic carbocycles. The maximum atomic E-state index is 4.18. The van der Waals surface area contributed by atoms with Crippen molar-refractivity contribution in [3.8, 4) is 0 Å². The zero-order valence-corrected chi connectivity index (χ0v) is 11.5. The Morgan fingerprint density at radius 3 is 1.74 bits per heavy atom. The summed E-state index contributed by atoms with van der Waals surface area (Å²) in [5, 5.41) is 7.68. The lowest BCUT2D eigenvalue weighted by molar-refractivity contribution is 0.785. The maximum absolute atomic E-state index is 4.18. The largest absolute Gasteiger partial charge is 0.261 e. The van der Waals surface area contributed by atoms with E-state index in [2.05, 4.69) is 42.9 Å². The lowest BCUT2D eigenvalue weighted by Crippen LogP contribution is -1.92. The second-order valence-corrected chi connectivity index (χ2v) is 4.71. The van der Waals surface area contributed by atoms with Gasteiger partial charge in [-0.3, -0.25) is 4.98 Å². The van der Waals surface area contributed by atoms with Gasteiger partial charge >= 0.3 is 0 Å². The first kappa shape index (κ1) is 17.2. The van der Waals surface area contributed by atoms with Crippen molar-refractivity contribution in [2.45, 2.75) is 47.0 Å². The summed E-state index contributed by atoms with van der Waals surface area (Å²) in [6.07, 6.45) is 3.52. The van der Waals surface area contributed by atoms with Crippen molar-refractivity contribution in [2.75, 3.05) is 0 Å². The Labute approximate surface area is 117 Å². The van der Waals surface area contributed by atoms with Gasteiger partial charge in [0.25, 0.3) is 0 Å². The zero-order chi connectivity index (χ0) is 13.4. The Balaban J connectivity index is 0.000000324. The highest BCUT2D eigenvalue weighted by atomic mass is 15.1. The van der Waals surface area contributed by atoms with E-state index in [1.165, 1.54) is 0 Å². The fraction of sp³-hybridized carbons (Fsp3) is 0.438.